The molecule has 0 bridgehead atoms. The van der Waals surface area contributed by atoms with Gasteiger partial charge in [0.2, 0.25) is 0 Å². The zero-order valence-electron chi connectivity index (χ0n) is 7.63. The maximum atomic E-state index is 5.54. The van der Waals surface area contributed by atoms with Crippen molar-refractivity contribution in [3.8, 4) is 0 Å². The highest BCUT2D eigenvalue weighted by atomic mass is 32.2. The van der Waals surface area contributed by atoms with Crippen LogP contribution in [0.3, 0.4) is 0 Å². The van der Waals surface area contributed by atoms with E-state index < -0.39 is 0 Å². The fraction of sp³-hybridized carbons (Fsp3) is 0.400. The van der Waals surface area contributed by atoms with Crippen LogP contribution in [-0.2, 0) is 12.3 Å². The highest BCUT2D eigenvalue weighted by molar-refractivity contribution is 7.97. The SMILES string of the molecule is CSCc1ccc(CN)cc1C. The summed E-state index contributed by atoms with van der Waals surface area (Å²) in [7, 11) is 0. The van der Waals surface area contributed by atoms with E-state index in [4.69, 9.17) is 5.73 Å². The third kappa shape index (κ3) is 2.26. The molecule has 2 N–H and O–H groups in total. The van der Waals surface area contributed by atoms with Crippen LogP contribution in [0.1, 0.15) is 16.7 Å². The molecule has 0 heterocycles. The van der Waals surface area contributed by atoms with E-state index >= 15 is 0 Å². The molecule has 0 aliphatic heterocycles. The summed E-state index contributed by atoms with van der Waals surface area (Å²) >= 11 is 1.85. The second-order valence-electron chi connectivity index (χ2n) is 2.90. The zero-order chi connectivity index (χ0) is 8.97. The van der Waals surface area contributed by atoms with Gasteiger partial charge in [0.1, 0.15) is 0 Å². The van der Waals surface area contributed by atoms with Crippen LogP contribution in [0.4, 0.5) is 0 Å². The first-order valence-corrected chi connectivity index (χ1v) is 5.44. The van der Waals surface area contributed by atoms with Gasteiger partial charge in [-0.3, -0.25) is 0 Å². The number of nitrogens with two attached hydrogens (primary N) is 1. The quantitative estimate of drug-likeness (QED) is 0.774. The van der Waals surface area contributed by atoms with E-state index in [-0.39, 0.29) is 0 Å². The predicted molar refractivity (Wildman–Crippen MR) is 56.3 cm³/mol. The van der Waals surface area contributed by atoms with E-state index in [0.717, 1.165) is 5.75 Å². The number of rotatable bonds is 3. The van der Waals surface area contributed by atoms with Crippen LogP contribution >= 0.6 is 11.8 Å². The second kappa shape index (κ2) is 4.53. The first-order chi connectivity index (χ1) is 5.77. The lowest BCUT2D eigenvalue weighted by atomic mass is 10.1. The highest BCUT2D eigenvalue weighted by Gasteiger charge is 1.97. The van der Waals surface area contributed by atoms with Crippen molar-refractivity contribution in [3.05, 3.63) is 34.9 Å². The van der Waals surface area contributed by atoms with Gasteiger partial charge < -0.3 is 5.73 Å². The number of hydrogen-bond donors (Lipinski definition) is 1. The van der Waals surface area contributed by atoms with Gasteiger partial charge in [0.05, 0.1) is 0 Å². The summed E-state index contributed by atoms with van der Waals surface area (Å²) < 4.78 is 0. The average molecular weight is 181 g/mol. The number of hydrogen-bond acceptors (Lipinski definition) is 2. The van der Waals surface area contributed by atoms with Gasteiger partial charge in [-0.1, -0.05) is 18.2 Å². The van der Waals surface area contributed by atoms with Crippen molar-refractivity contribution >= 4 is 11.8 Å². The lowest BCUT2D eigenvalue weighted by molar-refractivity contribution is 1.06. The molecule has 0 atom stereocenters. The third-order valence-electron chi connectivity index (χ3n) is 1.94. The largest absolute Gasteiger partial charge is 0.326 e. The molecule has 1 aromatic carbocycles. The standard InChI is InChI=1S/C10H15NS/c1-8-5-9(6-11)3-4-10(8)7-12-2/h3-5H,6-7,11H2,1-2H3. The average Bonchev–Trinajstić information content (AvgIpc) is 2.09. The van der Waals surface area contributed by atoms with Gasteiger partial charge in [-0.25, -0.2) is 0 Å². The molecule has 2 heteroatoms. The van der Waals surface area contributed by atoms with Crippen molar-refractivity contribution in [1.82, 2.24) is 0 Å². The molecule has 0 saturated carbocycles. The Morgan fingerprint density at radius 1 is 1.42 bits per heavy atom. The number of aryl methyl sites for hydroxylation is 1. The van der Waals surface area contributed by atoms with E-state index in [1.807, 2.05) is 11.8 Å². The Morgan fingerprint density at radius 2 is 2.17 bits per heavy atom. The maximum Gasteiger partial charge on any atom is 0.0184 e. The molecule has 0 spiro atoms. The first-order valence-electron chi connectivity index (χ1n) is 4.05. The molecule has 0 fully saturated rings. The molecule has 1 nitrogen and oxygen atoms in total. The van der Waals surface area contributed by atoms with Crippen molar-refractivity contribution in [3.63, 3.8) is 0 Å². The molecule has 0 radical (unpaired) electrons. The number of thioether (sulfide) groups is 1. The molecule has 66 valence electrons. The Morgan fingerprint density at radius 3 is 2.67 bits per heavy atom. The van der Waals surface area contributed by atoms with Crippen LogP contribution in [-0.4, -0.2) is 6.26 Å². The number of benzene rings is 1. The van der Waals surface area contributed by atoms with Crippen molar-refractivity contribution in [2.75, 3.05) is 6.26 Å². The monoisotopic (exact) mass is 181 g/mol. The van der Waals surface area contributed by atoms with E-state index in [1.54, 1.807) is 0 Å². The van der Waals surface area contributed by atoms with Crippen molar-refractivity contribution in [2.45, 2.75) is 19.2 Å². The molecule has 1 aromatic rings. The normalized spacial score (nSPS) is 10.2. The van der Waals surface area contributed by atoms with Crippen LogP contribution in [0.5, 0.6) is 0 Å². The van der Waals surface area contributed by atoms with Gasteiger partial charge in [0, 0.05) is 12.3 Å². The molecular formula is C10H15NS. The van der Waals surface area contributed by atoms with Crippen LogP contribution in [0, 0.1) is 6.92 Å². The van der Waals surface area contributed by atoms with Crippen molar-refractivity contribution in [1.29, 1.82) is 0 Å². The second-order valence-corrected chi connectivity index (χ2v) is 3.76. The van der Waals surface area contributed by atoms with Crippen molar-refractivity contribution in [2.24, 2.45) is 5.73 Å². The topological polar surface area (TPSA) is 26.0 Å². The molecular weight excluding hydrogens is 166 g/mol. The summed E-state index contributed by atoms with van der Waals surface area (Å²) in [6.45, 7) is 2.78. The van der Waals surface area contributed by atoms with Gasteiger partial charge >= 0.3 is 0 Å². The molecule has 0 aliphatic carbocycles. The van der Waals surface area contributed by atoms with E-state index in [0.29, 0.717) is 6.54 Å². The summed E-state index contributed by atoms with van der Waals surface area (Å²) in [6.07, 6.45) is 2.12. The summed E-state index contributed by atoms with van der Waals surface area (Å²) in [6, 6.07) is 6.46. The Hall–Kier alpha value is -0.470. The third-order valence-corrected chi connectivity index (χ3v) is 2.54. The summed E-state index contributed by atoms with van der Waals surface area (Å²) in [4.78, 5) is 0. The van der Waals surface area contributed by atoms with Crippen LogP contribution in [0.25, 0.3) is 0 Å². The fourth-order valence-corrected chi connectivity index (χ4v) is 1.84. The van der Waals surface area contributed by atoms with Crippen LogP contribution in [0.2, 0.25) is 0 Å². The van der Waals surface area contributed by atoms with Gasteiger partial charge in [0.25, 0.3) is 0 Å². The summed E-state index contributed by atoms with van der Waals surface area (Å²) in [5, 5.41) is 0. The van der Waals surface area contributed by atoms with Gasteiger partial charge in [0.15, 0.2) is 0 Å². The Kier molecular flexibility index (Phi) is 3.63. The minimum Gasteiger partial charge on any atom is -0.326 e. The maximum absolute atomic E-state index is 5.54. The molecule has 0 saturated heterocycles. The lowest BCUT2D eigenvalue weighted by Gasteiger charge is -2.05. The summed E-state index contributed by atoms with van der Waals surface area (Å²) in [5.41, 5.74) is 9.53. The Bertz CT molecular complexity index is 258. The summed E-state index contributed by atoms with van der Waals surface area (Å²) in [5.74, 6) is 1.09. The van der Waals surface area contributed by atoms with Gasteiger partial charge in [-0.15, -0.1) is 0 Å². The van der Waals surface area contributed by atoms with Gasteiger partial charge in [-0.05, 0) is 29.9 Å². The molecule has 0 aliphatic rings. The zero-order valence-corrected chi connectivity index (χ0v) is 8.45. The fourth-order valence-electron chi connectivity index (χ4n) is 1.20. The van der Waals surface area contributed by atoms with Crippen LogP contribution < -0.4 is 5.73 Å². The smallest absolute Gasteiger partial charge is 0.0184 e. The predicted octanol–water partition coefficient (Wildman–Crippen LogP) is 2.32. The minimum absolute atomic E-state index is 0.639. The van der Waals surface area contributed by atoms with E-state index in [9.17, 15) is 0 Å². The Labute approximate surface area is 78.4 Å². The van der Waals surface area contributed by atoms with Gasteiger partial charge in [-0.2, -0.15) is 11.8 Å². The van der Waals surface area contributed by atoms with E-state index in [2.05, 4.69) is 31.4 Å². The highest BCUT2D eigenvalue weighted by Crippen LogP contribution is 2.15. The van der Waals surface area contributed by atoms with Crippen LogP contribution in [0.15, 0.2) is 18.2 Å². The Balaban J connectivity index is 2.87. The first kappa shape index (κ1) is 9.62. The van der Waals surface area contributed by atoms with Crippen molar-refractivity contribution < 1.29 is 0 Å². The molecule has 0 amide bonds. The lowest BCUT2D eigenvalue weighted by Crippen LogP contribution is -1.97. The molecule has 0 aromatic heterocycles. The van der Waals surface area contributed by atoms with E-state index in [1.165, 1.54) is 16.7 Å². The molecule has 12 heavy (non-hydrogen) atoms. The minimum atomic E-state index is 0.639. The molecule has 1 rings (SSSR count). The molecule has 0 unspecified atom stereocenters.